The number of aryl methyl sites for hydroxylation is 1. The number of benzene rings is 2. The molecule has 3 aromatic rings. The average Bonchev–Trinajstić information content (AvgIpc) is 3.12. The van der Waals surface area contributed by atoms with Crippen LogP contribution in [0.25, 0.3) is 10.1 Å². The number of amides is 1. The van der Waals surface area contributed by atoms with E-state index in [1.165, 1.54) is 15.6 Å². The van der Waals surface area contributed by atoms with Crippen molar-refractivity contribution in [1.29, 1.82) is 0 Å². The van der Waals surface area contributed by atoms with Gasteiger partial charge in [0.25, 0.3) is 15.9 Å². The van der Waals surface area contributed by atoms with Crippen LogP contribution in [0.3, 0.4) is 0 Å². The van der Waals surface area contributed by atoms with Crippen molar-refractivity contribution in [3.05, 3.63) is 59.0 Å². The van der Waals surface area contributed by atoms with Crippen LogP contribution >= 0.6 is 11.3 Å². The van der Waals surface area contributed by atoms with Crippen molar-refractivity contribution < 1.29 is 13.2 Å². The first-order valence-electron chi connectivity index (χ1n) is 10.2. The molecule has 7 heteroatoms. The first-order chi connectivity index (χ1) is 14.3. The Morgan fingerprint density at radius 3 is 2.43 bits per heavy atom. The minimum atomic E-state index is -3.66. The van der Waals surface area contributed by atoms with Crippen LogP contribution in [-0.4, -0.2) is 26.9 Å². The average molecular weight is 445 g/mol. The number of nitrogens with one attached hydrogen (secondary N) is 1. The van der Waals surface area contributed by atoms with Gasteiger partial charge in [-0.15, -0.1) is 11.3 Å². The Labute approximate surface area is 182 Å². The van der Waals surface area contributed by atoms with Gasteiger partial charge in [-0.05, 0) is 69.0 Å². The fourth-order valence-corrected chi connectivity index (χ4v) is 5.84. The molecule has 0 aliphatic heterocycles. The molecular formula is C23H28N2O3S2. The molecule has 1 N–H and O–H groups in total. The summed E-state index contributed by atoms with van der Waals surface area (Å²) in [6, 6.07) is 14.4. The van der Waals surface area contributed by atoms with Crippen LogP contribution in [0.2, 0.25) is 0 Å². The normalized spacial score (nSPS) is 12.7. The van der Waals surface area contributed by atoms with Crippen LogP contribution in [0.1, 0.15) is 48.8 Å². The lowest BCUT2D eigenvalue weighted by atomic mass is 10.2. The summed E-state index contributed by atoms with van der Waals surface area (Å²) in [7, 11) is -3.66. The predicted octanol–water partition coefficient (Wildman–Crippen LogP) is 5.34. The van der Waals surface area contributed by atoms with Crippen molar-refractivity contribution in [2.24, 2.45) is 0 Å². The zero-order chi connectivity index (χ0) is 21.9. The molecule has 2 aromatic carbocycles. The molecule has 5 nitrogen and oxygen atoms in total. The molecule has 1 aromatic heterocycles. The maximum absolute atomic E-state index is 13.2. The Morgan fingerprint density at radius 2 is 1.80 bits per heavy atom. The Kier molecular flexibility index (Phi) is 6.83. The minimum absolute atomic E-state index is 0.0849. The summed E-state index contributed by atoms with van der Waals surface area (Å²) in [6.45, 7) is 8.15. The van der Waals surface area contributed by atoms with Gasteiger partial charge in [-0.2, -0.15) is 0 Å². The molecule has 0 unspecified atom stereocenters. The summed E-state index contributed by atoms with van der Waals surface area (Å²) in [4.78, 5) is 13.4. The Hall–Kier alpha value is -2.38. The smallest absolute Gasteiger partial charge is 0.264 e. The second kappa shape index (κ2) is 9.18. The van der Waals surface area contributed by atoms with Gasteiger partial charge >= 0.3 is 0 Å². The van der Waals surface area contributed by atoms with Gasteiger partial charge in [0.1, 0.15) is 0 Å². The fraction of sp³-hybridized carbons (Fsp3) is 0.348. The lowest BCUT2D eigenvalue weighted by molar-refractivity contribution is 0.0942. The number of fused-ring (bicyclic) bond motifs is 1. The van der Waals surface area contributed by atoms with Crippen LogP contribution < -0.4 is 9.62 Å². The zero-order valence-electron chi connectivity index (χ0n) is 17.8. The standard InChI is InChI=1S/C23H28N2O3S2/c1-5-7-17(4)24-23(26)22-15-18-14-19(10-13-21(18)29-22)25(6-2)30(27,28)20-11-8-16(3)9-12-20/h8-15,17H,5-7H2,1-4H3,(H,24,26)/t17-/m1/s1. The molecule has 1 atom stereocenters. The van der Waals surface area contributed by atoms with Gasteiger partial charge in [0.05, 0.1) is 15.5 Å². The molecule has 30 heavy (non-hydrogen) atoms. The molecule has 160 valence electrons. The highest BCUT2D eigenvalue weighted by Gasteiger charge is 2.24. The van der Waals surface area contributed by atoms with Crippen molar-refractivity contribution in [3.8, 4) is 0 Å². The Morgan fingerprint density at radius 1 is 1.10 bits per heavy atom. The summed E-state index contributed by atoms with van der Waals surface area (Å²) in [5.74, 6) is -0.0849. The van der Waals surface area contributed by atoms with Gasteiger partial charge in [-0.1, -0.05) is 31.0 Å². The number of carbonyl (C=O) groups is 1. The van der Waals surface area contributed by atoms with Crippen LogP contribution in [0.4, 0.5) is 5.69 Å². The fourth-order valence-electron chi connectivity index (χ4n) is 3.43. The first kappa shape index (κ1) is 22.3. The molecule has 0 fully saturated rings. The predicted molar refractivity (Wildman–Crippen MR) is 125 cm³/mol. The van der Waals surface area contributed by atoms with Gasteiger partial charge in [0, 0.05) is 17.3 Å². The highest BCUT2D eigenvalue weighted by molar-refractivity contribution is 7.92. The van der Waals surface area contributed by atoms with Gasteiger partial charge < -0.3 is 5.32 Å². The second-order valence-corrected chi connectivity index (χ2v) is 10.4. The molecule has 0 bridgehead atoms. The third-order valence-electron chi connectivity index (χ3n) is 5.01. The quantitative estimate of drug-likeness (QED) is 0.510. The zero-order valence-corrected chi connectivity index (χ0v) is 19.4. The minimum Gasteiger partial charge on any atom is -0.349 e. The van der Waals surface area contributed by atoms with E-state index < -0.39 is 10.0 Å². The van der Waals surface area contributed by atoms with E-state index in [0.29, 0.717) is 17.1 Å². The number of anilines is 1. The van der Waals surface area contributed by atoms with E-state index in [2.05, 4.69) is 12.2 Å². The van der Waals surface area contributed by atoms with Crippen LogP contribution in [0, 0.1) is 6.92 Å². The third-order valence-corrected chi connectivity index (χ3v) is 8.04. The molecule has 0 aliphatic rings. The highest BCUT2D eigenvalue weighted by atomic mass is 32.2. The van der Waals surface area contributed by atoms with E-state index in [4.69, 9.17) is 0 Å². The number of sulfonamides is 1. The van der Waals surface area contributed by atoms with E-state index in [1.807, 2.05) is 39.0 Å². The van der Waals surface area contributed by atoms with E-state index in [-0.39, 0.29) is 16.8 Å². The third kappa shape index (κ3) is 4.68. The van der Waals surface area contributed by atoms with Gasteiger partial charge in [-0.3, -0.25) is 9.10 Å². The van der Waals surface area contributed by atoms with Crippen molar-refractivity contribution in [1.82, 2.24) is 5.32 Å². The molecule has 0 spiro atoms. The first-order valence-corrected chi connectivity index (χ1v) is 12.5. The summed E-state index contributed by atoms with van der Waals surface area (Å²) in [5.41, 5.74) is 1.60. The van der Waals surface area contributed by atoms with Crippen LogP contribution in [0.15, 0.2) is 53.4 Å². The number of nitrogens with zero attached hydrogens (tertiary/aromatic N) is 1. The molecule has 3 rings (SSSR count). The lowest BCUT2D eigenvalue weighted by Crippen LogP contribution is -2.31. The summed E-state index contributed by atoms with van der Waals surface area (Å²) >= 11 is 1.42. The summed E-state index contributed by atoms with van der Waals surface area (Å²) in [6.07, 6.45) is 1.95. The van der Waals surface area contributed by atoms with E-state index >= 15 is 0 Å². The molecule has 0 radical (unpaired) electrons. The topological polar surface area (TPSA) is 66.5 Å². The maximum Gasteiger partial charge on any atom is 0.264 e. The summed E-state index contributed by atoms with van der Waals surface area (Å²) in [5, 5.41) is 3.89. The molecule has 0 aliphatic carbocycles. The van der Waals surface area contributed by atoms with Gasteiger partial charge in [0.15, 0.2) is 0 Å². The lowest BCUT2D eigenvalue weighted by Gasteiger charge is -2.23. The van der Waals surface area contributed by atoms with E-state index in [1.54, 1.807) is 30.3 Å². The maximum atomic E-state index is 13.2. The number of hydrogen-bond acceptors (Lipinski definition) is 4. The van der Waals surface area contributed by atoms with Crippen LogP contribution in [0.5, 0.6) is 0 Å². The molecular weight excluding hydrogens is 416 g/mol. The SMILES string of the molecule is CCC[C@@H](C)NC(=O)c1cc2cc(N(CC)S(=O)(=O)c3ccc(C)cc3)ccc2s1. The monoisotopic (exact) mass is 444 g/mol. The number of hydrogen-bond donors (Lipinski definition) is 1. The number of carbonyl (C=O) groups excluding carboxylic acids is 1. The van der Waals surface area contributed by atoms with Crippen LogP contribution in [-0.2, 0) is 10.0 Å². The van der Waals surface area contributed by atoms with Crippen molar-refractivity contribution >= 4 is 43.0 Å². The van der Waals surface area contributed by atoms with E-state index in [9.17, 15) is 13.2 Å². The summed E-state index contributed by atoms with van der Waals surface area (Å²) < 4.78 is 28.7. The highest BCUT2D eigenvalue weighted by Crippen LogP contribution is 2.32. The van der Waals surface area contributed by atoms with Crippen molar-refractivity contribution in [3.63, 3.8) is 0 Å². The molecule has 1 heterocycles. The Balaban J connectivity index is 1.91. The van der Waals surface area contributed by atoms with Gasteiger partial charge in [-0.25, -0.2) is 8.42 Å². The molecule has 0 saturated heterocycles. The number of thiophene rings is 1. The van der Waals surface area contributed by atoms with Crippen molar-refractivity contribution in [2.45, 2.75) is 51.5 Å². The molecule has 1 amide bonds. The largest absolute Gasteiger partial charge is 0.349 e. The number of rotatable bonds is 8. The molecule has 0 saturated carbocycles. The van der Waals surface area contributed by atoms with E-state index in [0.717, 1.165) is 28.5 Å². The van der Waals surface area contributed by atoms with Crippen molar-refractivity contribution in [2.75, 3.05) is 10.8 Å². The Bertz CT molecular complexity index is 1130. The van der Waals surface area contributed by atoms with Gasteiger partial charge in [0.2, 0.25) is 0 Å². The second-order valence-electron chi connectivity index (χ2n) is 7.48.